The number of nitrogens with zero attached hydrogens (tertiary/aromatic N) is 3. The number of aryl methyl sites for hydroxylation is 2. The van der Waals surface area contributed by atoms with E-state index in [4.69, 9.17) is 9.15 Å². The number of carbonyl (C=O) groups excluding carboxylic acids is 1. The van der Waals surface area contributed by atoms with Crippen LogP contribution in [0.1, 0.15) is 32.8 Å². The summed E-state index contributed by atoms with van der Waals surface area (Å²) in [7, 11) is 0. The van der Waals surface area contributed by atoms with Crippen LogP contribution in [0, 0.1) is 0 Å². The van der Waals surface area contributed by atoms with Crippen LogP contribution in [0.5, 0.6) is 5.75 Å². The van der Waals surface area contributed by atoms with Gasteiger partial charge in [0.05, 0.1) is 12.7 Å². The van der Waals surface area contributed by atoms with E-state index >= 15 is 0 Å². The van der Waals surface area contributed by atoms with Crippen molar-refractivity contribution >= 4 is 22.7 Å². The number of anilines is 1. The van der Waals surface area contributed by atoms with Crippen LogP contribution >= 0.6 is 0 Å². The maximum atomic E-state index is 12.3. The van der Waals surface area contributed by atoms with Crippen molar-refractivity contribution in [2.75, 3.05) is 5.32 Å². The maximum Gasteiger partial charge on any atom is 0.336 e. The first-order valence-corrected chi connectivity index (χ1v) is 8.94. The molecule has 1 N–H and O–H groups in total. The second kappa shape index (κ2) is 8.03. The summed E-state index contributed by atoms with van der Waals surface area (Å²) in [6.45, 7) is 6.31. The van der Waals surface area contributed by atoms with E-state index in [9.17, 15) is 9.59 Å². The number of hydrogen-bond donors (Lipinski definition) is 1. The highest BCUT2D eigenvalue weighted by Crippen LogP contribution is 2.23. The van der Waals surface area contributed by atoms with E-state index in [-0.39, 0.29) is 5.91 Å². The Morgan fingerprint density at radius 2 is 2.15 bits per heavy atom. The van der Waals surface area contributed by atoms with Gasteiger partial charge >= 0.3 is 5.63 Å². The molecule has 3 aromatic rings. The molecule has 27 heavy (non-hydrogen) atoms. The molecule has 0 aliphatic heterocycles. The fourth-order valence-corrected chi connectivity index (χ4v) is 2.72. The Kier molecular flexibility index (Phi) is 5.54. The molecule has 1 unspecified atom stereocenters. The predicted octanol–water partition coefficient (Wildman–Crippen LogP) is 2.76. The normalized spacial score (nSPS) is 12.1. The number of fused-ring (bicyclic) bond motifs is 1. The molecule has 0 aliphatic rings. The van der Waals surface area contributed by atoms with Gasteiger partial charge in [-0.25, -0.2) is 4.79 Å². The van der Waals surface area contributed by atoms with E-state index in [1.54, 1.807) is 19.1 Å². The van der Waals surface area contributed by atoms with Gasteiger partial charge in [-0.15, -0.1) is 5.10 Å². The molecule has 1 amide bonds. The molecule has 1 atom stereocenters. The molecule has 8 heteroatoms. The highest BCUT2D eigenvalue weighted by Gasteiger charge is 2.17. The largest absolute Gasteiger partial charge is 0.481 e. The molecular formula is C19H22N4O4. The number of ether oxygens (including phenoxy) is 1. The monoisotopic (exact) mass is 370 g/mol. The van der Waals surface area contributed by atoms with E-state index in [2.05, 4.69) is 15.5 Å². The molecule has 0 fully saturated rings. The quantitative estimate of drug-likeness (QED) is 0.642. The van der Waals surface area contributed by atoms with Crippen molar-refractivity contribution in [2.24, 2.45) is 0 Å². The van der Waals surface area contributed by atoms with E-state index in [1.807, 2.05) is 19.9 Å². The van der Waals surface area contributed by atoms with E-state index in [0.717, 1.165) is 23.8 Å². The average Bonchev–Trinajstić information content (AvgIpc) is 3.07. The minimum atomic E-state index is -0.764. The summed E-state index contributed by atoms with van der Waals surface area (Å²) >= 11 is 0. The summed E-state index contributed by atoms with van der Waals surface area (Å²) in [4.78, 5) is 25.5. The number of benzene rings is 1. The fraction of sp³-hybridized carbons (Fsp3) is 0.368. The number of amides is 1. The number of carbonyl (C=O) groups is 1. The Morgan fingerprint density at radius 1 is 1.33 bits per heavy atom. The summed E-state index contributed by atoms with van der Waals surface area (Å²) in [6, 6.07) is 6.69. The zero-order valence-corrected chi connectivity index (χ0v) is 15.6. The van der Waals surface area contributed by atoms with Gasteiger partial charge in [0, 0.05) is 17.5 Å². The first-order valence-electron chi connectivity index (χ1n) is 8.94. The lowest BCUT2D eigenvalue weighted by Crippen LogP contribution is -2.30. The third-order valence-electron chi connectivity index (χ3n) is 4.08. The number of hydrogen-bond acceptors (Lipinski definition) is 6. The van der Waals surface area contributed by atoms with Crippen LogP contribution in [0.3, 0.4) is 0 Å². The van der Waals surface area contributed by atoms with Gasteiger partial charge in [0.25, 0.3) is 5.91 Å². The topological polar surface area (TPSA) is 99.2 Å². The van der Waals surface area contributed by atoms with Crippen molar-refractivity contribution in [3.8, 4) is 5.75 Å². The fourth-order valence-electron chi connectivity index (χ4n) is 2.72. The van der Waals surface area contributed by atoms with Gasteiger partial charge in [-0.2, -0.15) is 9.90 Å². The van der Waals surface area contributed by atoms with E-state index < -0.39 is 11.7 Å². The highest BCUT2D eigenvalue weighted by atomic mass is 16.5. The molecule has 0 saturated carbocycles. The second-order valence-corrected chi connectivity index (χ2v) is 6.18. The van der Waals surface area contributed by atoms with Crippen LogP contribution in [0.15, 0.2) is 39.7 Å². The maximum absolute atomic E-state index is 12.3. The van der Waals surface area contributed by atoms with E-state index in [1.165, 1.54) is 17.1 Å². The van der Waals surface area contributed by atoms with Crippen LogP contribution in [0.4, 0.5) is 5.82 Å². The van der Waals surface area contributed by atoms with Crippen LogP contribution in [-0.4, -0.2) is 27.0 Å². The summed E-state index contributed by atoms with van der Waals surface area (Å²) < 4.78 is 10.9. The summed E-state index contributed by atoms with van der Waals surface area (Å²) in [5.41, 5.74) is 0.943. The van der Waals surface area contributed by atoms with Gasteiger partial charge in [0.15, 0.2) is 11.9 Å². The van der Waals surface area contributed by atoms with E-state index in [0.29, 0.717) is 23.7 Å². The number of rotatable bonds is 7. The molecule has 142 valence electrons. The molecule has 8 nitrogen and oxygen atoms in total. The van der Waals surface area contributed by atoms with Crippen LogP contribution in [0.25, 0.3) is 11.0 Å². The Morgan fingerprint density at radius 3 is 2.89 bits per heavy atom. The molecule has 0 bridgehead atoms. The molecule has 2 heterocycles. The zero-order valence-electron chi connectivity index (χ0n) is 15.6. The molecule has 1 aromatic carbocycles. The molecule has 0 saturated heterocycles. The molecule has 3 rings (SSSR count). The molecule has 2 aromatic heterocycles. The van der Waals surface area contributed by atoms with Crippen molar-refractivity contribution in [3.63, 3.8) is 0 Å². The first-order chi connectivity index (χ1) is 13.0. The minimum Gasteiger partial charge on any atom is -0.481 e. The lowest BCUT2D eigenvalue weighted by atomic mass is 10.1. The zero-order chi connectivity index (χ0) is 19.4. The van der Waals surface area contributed by atoms with Gasteiger partial charge < -0.3 is 14.5 Å². The van der Waals surface area contributed by atoms with Gasteiger partial charge in [0.1, 0.15) is 11.3 Å². The summed E-state index contributed by atoms with van der Waals surface area (Å²) in [5, 5.41) is 11.8. The predicted molar refractivity (Wildman–Crippen MR) is 101 cm³/mol. The third kappa shape index (κ3) is 4.33. The number of nitrogens with one attached hydrogen (secondary N) is 1. The lowest BCUT2D eigenvalue weighted by Gasteiger charge is -2.14. The molecule has 0 spiro atoms. The summed E-state index contributed by atoms with van der Waals surface area (Å²) in [6.07, 6.45) is 2.36. The lowest BCUT2D eigenvalue weighted by molar-refractivity contribution is -0.122. The number of aromatic nitrogens is 3. The first kappa shape index (κ1) is 18.6. The van der Waals surface area contributed by atoms with Crippen LogP contribution in [0.2, 0.25) is 0 Å². The molecular weight excluding hydrogens is 348 g/mol. The highest BCUT2D eigenvalue weighted by molar-refractivity contribution is 5.93. The smallest absolute Gasteiger partial charge is 0.336 e. The van der Waals surface area contributed by atoms with Crippen molar-refractivity contribution in [1.29, 1.82) is 0 Å². The Balaban J connectivity index is 1.71. The van der Waals surface area contributed by atoms with Crippen LogP contribution in [-0.2, 0) is 17.8 Å². The third-order valence-corrected chi connectivity index (χ3v) is 4.08. The van der Waals surface area contributed by atoms with Crippen molar-refractivity contribution in [3.05, 3.63) is 46.4 Å². The van der Waals surface area contributed by atoms with Crippen molar-refractivity contribution < 1.29 is 13.9 Å². The van der Waals surface area contributed by atoms with Crippen LogP contribution < -0.4 is 15.7 Å². The Labute approximate surface area is 156 Å². The molecule has 0 aliphatic carbocycles. The van der Waals surface area contributed by atoms with Gasteiger partial charge in [-0.3, -0.25) is 4.79 Å². The SMILES string of the molecule is CCCn1ncc(NC(=O)C(C)Oc2ccc3c(CC)cc(=O)oc3c2)n1. The van der Waals surface area contributed by atoms with Gasteiger partial charge in [-0.05, 0) is 37.5 Å². The minimum absolute atomic E-state index is 0.345. The van der Waals surface area contributed by atoms with Gasteiger partial charge in [-0.1, -0.05) is 13.8 Å². The average molecular weight is 370 g/mol. The van der Waals surface area contributed by atoms with Gasteiger partial charge in [0.2, 0.25) is 0 Å². The van der Waals surface area contributed by atoms with Crippen molar-refractivity contribution in [2.45, 2.75) is 46.3 Å². The Hall–Kier alpha value is -3.16. The Bertz CT molecular complexity index is 1010. The second-order valence-electron chi connectivity index (χ2n) is 6.18. The van der Waals surface area contributed by atoms with Crippen molar-refractivity contribution in [1.82, 2.24) is 15.0 Å². The molecule has 0 radical (unpaired) electrons. The summed E-state index contributed by atoms with van der Waals surface area (Å²) in [5.74, 6) is 0.472. The standard InChI is InChI=1S/C19H22N4O4/c1-4-8-23-20-11-17(22-23)21-19(25)12(3)26-14-6-7-15-13(5-2)9-18(24)27-16(15)10-14/h6-7,9-12H,4-5,8H2,1-3H3,(H,21,22,25).